The number of aromatic nitrogens is 2. The molecule has 3 rings (SSSR count). The van der Waals surface area contributed by atoms with E-state index in [9.17, 15) is 9.59 Å². The van der Waals surface area contributed by atoms with Crippen LogP contribution in [0.2, 0.25) is 0 Å². The van der Waals surface area contributed by atoms with E-state index >= 15 is 0 Å². The number of H-pyrrole nitrogens is 1. The molecule has 2 aromatic rings. The lowest BCUT2D eigenvalue weighted by Crippen LogP contribution is -2.48. The number of aromatic amines is 1. The van der Waals surface area contributed by atoms with Crippen LogP contribution >= 0.6 is 0 Å². The fraction of sp³-hybridized carbons (Fsp3) is 0.526. The summed E-state index contributed by atoms with van der Waals surface area (Å²) in [5, 5.41) is 3.61. The fourth-order valence-corrected chi connectivity index (χ4v) is 3.36. The predicted molar refractivity (Wildman–Crippen MR) is 99.8 cm³/mol. The summed E-state index contributed by atoms with van der Waals surface area (Å²) in [5.74, 6) is 0.598. The second kappa shape index (κ2) is 7.68. The first-order valence-electron chi connectivity index (χ1n) is 9.13. The molecule has 0 spiro atoms. The first-order valence-corrected chi connectivity index (χ1v) is 9.13. The molecule has 1 saturated heterocycles. The standard InChI is InChI=1S/C19H26N4O2/c1-3-4-11-20-17(24)14-10-9-13(2)23(12-14)19-21-16-8-6-5-7-15(16)18(25)22-19/h5-8,13-14H,3-4,9-12H2,1-2H3,(H,20,24)(H,21,22,25). The highest BCUT2D eigenvalue weighted by atomic mass is 16.2. The number of nitrogens with zero attached hydrogens (tertiary/aromatic N) is 2. The van der Waals surface area contributed by atoms with Gasteiger partial charge in [0.15, 0.2) is 0 Å². The van der Waals surface area contributed by atoms with E-state index in [1.165, 1.54) is 0 Å². The molecule has 0 bridgehead atoms. The number of amides is 1. The van der Waals surface area contributed by atoms with Crippen LogP contribution in [-0.2, 0) is 4.79 Å². The fourth-order valence-electron chi connectivity index (χ4n) is 3.36. The average molecular weight is 342 g/mol. The number of hydrogen-bond acceptors (Lipinski definition) is 4. The summed E-state index contributed by atoms with van der Waals surface area (Å²) in [6, 6.07) is 7.57. The second-order valence-corrected chi connectivity index (χ2v) is 6.83. The van der Waals surface area contributed by atoms with Crippen LogP contribution in [0.3, 0.4) is 0 Å². The van der Waals surface area contributed by atoms with E-state index in [1.807, 2.05) is 18.2 Å². The van der Waals surface area contributed by atoms with Crippen LogP contribution in [0.5, 0.6) is 0 Å². The van der Waals surface area contributed by atoms with E-state index in [1.54, 1.807) is 6.07 Å². The van der Waals surface area contributed by atoms with Crippen molar-refractivity contribution >= 4 is 22.8 Å². The predicted octanol–water partition coefficient (Wildman–Crippen LogP) is 2.44. The molecule has 1 aromatic heterocycles. The lowest BCUT2D eigenvalue weighted by atomic mass is 9.93. The molecule has 2 heterocycles. The van der Waals surface area contributed by atoms with Crippen LogP contribution in [-0.4, -0.2) is 35.0 Å². The number of benzene rings is 1. The van der Waals surface area contributed by atoms with Gasteiger partial charge in [-0.15, -0.1) is 0 Å². The van der Waals surface area contributed by atoms with E-state index < -0.39 is 0 Å². The Kier molecular flexibility index (Phi) is 5.36. The van der Waals surface area contributed by atoms with Crippen molar-refractivity contribution in [2.75, 3.05) is 18.0 Å². The first kappa shape index (κ1) is 17.5. The number of fused-ring (bicyclic) bond motifs is 1. The number of piperidine rings is 1. The van der Waals surface area contributed by atoms with E-state index in [2.05, 4.69) is 34.0 Å². The summed E-state index contributed by atoms with van der Waals surface area (Å²) < 4.78 is 0. The monoisotopic (exact) mass is 342 g/mol. The number of anilines is 1. The summed E-state index contributed by atoms with van der Waals surface area (Å²) in [5.41, 5.74) is 0.547. The minimum absolute atomic E-state index is 0.0650. The van der Waals surface area contributed by atoms with Gasteiger partial charge in [0.05, 0.1) is 16.8 Å². The van der Waals surface area contributed by atoms with Gasteiger partial charge in [-0.1, -0.05) is 25.5 Å². The number of hydrogen-bond donors (Lipinski definition) is 2. The van der Waals surface area contributed by atoms with Crippen molar-refractivity contribution in [3.8, 4) is 0 Å². The van der Waals surface area contributed by atoms with Gasteiger partial charge in [-0.25, -0.2) is 4.98 Å². The zero-order chi connectivity index (χ0) is 17.8. The van der Waals surface area contributed by atoms with Crippen LogP contribution in [0.15, 0.2) is 29.1 Å². The molecule has 2 N–H and O–H groups in total. The maximum Gasteiger partial charge on any atom is 0.260 e. The molecule has 0 saturated carbocycles. The normalized spacial score (nSPS) is 20.6. The molecule has 1 aromatic carbocycles. The van der Waals surface area contributed by atoms with Gasteiger partial charge in [0, 0.05) is 19.1 Å². The van der Waals surface area contributed by atoms with E-state index in [4.69, 9.17) is 0 Å². The lowest BCUT2D eigenvalue weighted by Gasteiger charge is -2.37. The Morgan fingerprint density at radius 1 is 1.36 bits per heavy atom. The van der Waals surface area contributed by atoms with E-state index in [-0.39, 0.29) is 23.4 Å². The molecular weight excluding hydrogens is 316 g/mol. The maximum atomic E-state index is 12.4. The molecule has 6 nitrogen and oxygen atoms in total. The van der Waals surface area contributed by atoms with Gasteiger partial charge in [-0.3, -0.25) is 14.6 Å². The molecule has 1 aliphatic rings. The topological polar surface area (TPSA) is 78.1 Å². The van der Waals surface area contributed by atoms with Crippen molar-refractivity contribution in [2.45, 2.75) is 45.6 Å². The van der Waals surface area contributed by atoms with Crippen LogP contribution in [0.4, 0.5) is 5.95 Å². The molecule has 1 fully saturated rings. The van der Waals surface area contributed by atoms with Crippen molar-refractivity contribution in [1.29, 1.82) is 0 Å². The number of carbonyl (C=O) groups excluding carboxylic acids is 1. The maximum absolute atomic E-state index is 12.4. The second-order valence-electron chi connectivity index (χ2n) is 6.83. The SMILES string of the molecule is CCCCNC(=O)C1CCC(C)N(c2nc3ccccc3c(=O)[nH]2)C1. The Hall–Kier alpha value is -2.37. The molecule has 134 valence electrons. The highest BCUT2D eigenvalue weighted by molar-refractivity contribution is 5.80. The van der Waals surface area contributed by atoms with Gasteiger partial charge in [0.25, 0.3) is 5.56 Å². The van der Waals surface area contributed by atoms with Crippen LogP contribution in [0.25, 0.3) is 10.9 Å². The number of unbranched alkanes of at least 4 members (excludes halogenated alkanes) is 1. The Bertz CT molecular complexity index is 801. The Morgan fingerprint density at radius 3 is 2.96 bits per heavy atom. The quantitative estimate of drug-likeness (QED) is 0.818. The number of rotatable bonds is 5. The minimum atomic E-state index is -0.137. The third-order valence-corrected chi connectivity index (χ3v) is 4.95. The summed E-state index contributed by atoms with van der Waals surface area (Å²) in [4.78, 5) is 34.3. The molecule has 6 heteroatoms. The zero-order valence-electron chi connectivity index (χ0n) is 14.9. The van der Waals surface area contributed by atoms with Gasteiger partial charge in [-0.2, -0.15) is 0 Å². The number of carbonyl (C=O) groups is 1. The molecule has 25 heavy (non-hydrogen) atoms. The molecule has 1 amide bonds. The van der Waals surface area contributed by atoms with Crippen molar-refractivity contribution in [3.63, 3.8) is 0 Å². The lowest BCUT2D eigenvalue weighted by molar-refractivity contribution is -0.125. The highest BCUT2D eigenvalue weighted by Crippen LogP contribution is 2.25. The zero-order valence-corrected chi connectivity index (χ0v) is 14.9. The van der Waals surface area contributed by atoms with Crippen molar-refractivity contribution in [2.24, 2.45) is 5.92 Å². The molecule has 1 aliphatic heterocycles. The van der Waals surface area contributed by atoms with Gasteiger partial charge in [-0.05, 0) is 38.3 Å². The third-order valence-electron chi connectivity index (χ3n) is 4.95. The van der Waals surface area contributed by atoms with Crippen molar-refractivity contribution in [3.05, 3.63) is 34.6 Å². The van der Waals surface area contributed by atoms with Crippen LogP contribution < -0.4 is 15.8 Å². The Morgan fingerprint density at radius 2 is 2.16 bits per heavy atom. The average Bonchev–Trinajstić information content (AvgIpc) is 2.62. The summed E-state index contributed by atoms with van der Waals surface area (Å²) in [6.45, 7) is 5.53. The Labute approximate surface area is 147 Å². The minimum Gasteiger partial charge on any atom is -0.356 e. The van der Waals surface area contributed by atoms with Crippen molar-refractivity contribution < 1.29 is 4.79 Å². The molecule has 0 radical (unpaired) electrons. The number of para-hydroxylation sites is 1. The summed E-state index contributed by atoms with van der Waals surface area (Å²) >= 11 is 0. The van der Waals surface area contributed by atoms with Crippen molar-refractivity contribution in [1.82, 2.24) is 15.3 Å². The highest BCUT2D eigenvalue weighted by Gasteiger charge is 2.31. The summed E-state index contributed by atoms with van der Waals surface area (Å²) in [6.07, 6.45) is 3.84. The van der Waals surface area contributed by atoms with Gasteiger partial charge >= 0.3 is 0 Å². The van der Waals surface area contributed by atoms with Gasteiger partial charge in [0.2, 0.25) is 11.9 Å². The first-order chi connectivity index (χ1) is 12.1. The molecular formula is C19H26N4O2. The summed E-state index contributed by atoms with van der Waals surface area (Å²) in [7, 11) is 0. The van der Waals surface area contributed by atoms with E-state index in [0.717, 1.165) is 32.2 Å². The molecule has 0 aliphatic carbocycles. The number of nitrogens with one attached hydrogen (secondary N) is 2. The third kappa shape index (κ3) is 3.83. The Balaban J connectivity index is 1.80. The van der Waals surface area contributed by atoms with Gasteiger partial charge < -0.3 is 10.2 Å². The molecule has 2 atom stereocenters. The molecule has 2 unspecified atom stereocenters. The van der Waals surface area contributed by atoms with Gasteiger partial charge in [0.1, 0.15) is 0 Å². The van der Waals surface area contributed by atoms with Crippen LogP contribution in [0.1, 0.15) is 39.5 Å². The van der Waals surface area contributed by atoms with E-state index in [0.29, 0.717) is 23.4 Å². The largest absolute Gasteiger partial charge is 0.356 e. The smallest absolute Gasteiger partial charge is 0.260 e. The van der Waals surface area contributed by atoms with Crippen LogP contribution in [0, 0.1) is 5.92 Å².